The molecule has 132 valence electrons. The van der Waals surface area contributed by atoms with E-state index in [0.717, 1.165) is 36.5 Å². The zero-order chi connectivity index (χ0) is 17.4. The molecule has 5 nitrogen and oxygen atoms in total. The van der Waals surface area contributed by atoms with Crippen molar-refractivity contribution in [3.8, 4) is 0 Å². The zero-order valence-electron chi connectivity index (χ0n) is 14.0. The van der Waals surface area contributed by atoms with Crippen LogP contribution in [0.1, 0.15) is 25.7 Å². The number of carbonyl (C=O) groups is 1. The number of nitrogens with zero attached hydrogens (tertiary/aromatic N) is 1. The number of fused-ring (bicyclic) bond motifs is 1. The van der Waals surface area contributed by atoms with E-state index < -0.39 is 10.0 Å². The molecule has 2 aromatic carbocycles. The highest BCUT2D eigenvalue weighted by molar-refractivity contribution is 7.89. The first-order chi connectivity index (χ1) is 12.0. The molecule has 2 aliphatic rings. The lowest BCUT2D eigenvalue weighted by Crippen LogP contribution is -2.45. The molecular formula is C19H22N2O3S. The lowest BCUT2D eigenvalue weighted by molar-refractivity contribution is -0.126. The molecule has 2 aromatic rings. The van der Waals surface area contributed by atoms with E-state index in [1.807, 2.05) is 30.3 Å². The molecule has 0 bridgehead atoms. The summed E-state index contributed by atoms with van der Waals surface area (Å²) in [6.07, 6.45) is 3.55. The Kier molecular flexibility index (Phi) is 4.25. The van der Waals surface area contributed by atoms with Gasteiger partial charge in [0.05, 0.1) is 10.8 Å². The molecule has 1 N–H and O–H groups in total. The van der Waals surface area contributed by atoms with E-state index in [9.17, 15) is 13.2 Å². The molecule has 1 aliphatic carbocycles. The molecule has 0 radical (unpaired) electrons. The van der Waals surface area contributed by atoms with Crippen LogP contribution in [0.3, 0.4) is 0 Å². The first-order valence-electron chi connectivity index (χ1n) is 8.83. The van der Waals surface area contributed by atoms with Crippen LogP contribution in [0.25, 0.3) is 10.8 Å². The number of carbonyl (C=O) groups excluding carboxylic acids is 1. The Morgan fingerprint density at radius 2 is 1.80 bits per heavy atom. The standard InChI is InChI=1S/C19H22N2O3S/c22-19(20-17-8-9-17)16-6-3-11-21(13-16)25(23,24)18-10-7-14-4-1-2-5-15(14)12-18/h1-2,4-5,7,10,12,16-17H,3,6,8-9,11,13H2,(H,20,22)/t16-/m1/s1. The van der Waals surface area contributed by atoms with Crippen LogP contribution in [0.4, 0.5) is 0 Å². The number of hydrogen-bond acceptors (Lipinski definition) is 3. The second-order valence-electron chi connectivity index (χ2n) is 6.99. The third kappa shape index (κ3) is 3.41. The number of sulfonamides is 1. The fraction of sp³-hybridized carbons (Fsp3) is 0.421. The monoisotopic (exact) mass is 358 g/mol. The van der Waals surface area contributed by atoms with Crippen molar-refractivity contribution in [3.63, 3.8) is 0 Å². The number of hydrogen-bond donors (Lipinski definition) is 1. The maximum atomic E-state index is 13.0. The van der Waals surface area contributed by atoms with Crippen molar-refractivity contribution in [3.05, 3.63) is 42.5 Å². The van der Waals surface area contributed by atoms with Gasteiger partial charge in [-0.25, -0.2) is 8.42 Å². The number of benzene rings is 2. The highest BCUT2D eigenvalue weighted by Gasteiger charge is 2.35. The third-order valence-corrected chi connectivity index (χ3v) is 6.90. The molecule has 6 heteroatoms. The van der Waals surface area contributed by atoms with Gasteiger partial charge in [0.15, 0.2) is 0 Å². The minimum Gasteiger partial charge on any atom is -0.353 e. The van der Waals surface area contributed by atoms with Crippen LogP contribution in [0.5, 0.6) is 0 Å². The lowest BCUT2D eigenvalue weighted by Gasteiger charge is -2.31. The second-order valence-corrected chi connectivity index (χ2v) is 8.93. The molecule has 0 spiro atoms. The Hall–Kier alpha value is -1.92. The first kappa shape index (κ1) is 16.5. The van der Waals surface area contributed by atoms with Crippen LogP contribution < -0.4 is 5.32 Å². The van der Waals surface area contributed by atoms with E-state index in [2.05, 4.69) is 5.32 Å². The highest BCUT2D eigenvalue weighted by atomic mass is 32.2. The second kappa shape index (κ2) is 6.42. The summed E-state index contributed by atoms with van der Waals surface area (Å²) in [6, 6.07) is 13.2. The Balaban J connectivity index is 1.56. The Morgan fingerprint density at radius 1 is 1.04 bits per heavy atom. The van der Waals surface area contributed by atoms with Crippen molar-refractivity contribution < 1.29 is 13.2 Å². The average molecular weight is 358 g/mol. The van der Waals surface area contributed by atoms with Crippen molar-refractivity contribution in [2.75, 3.05) is 13.1 Å². The summed E-state index contributed by atoms with van der Waals surface area (Å²) in [5.74, 6) is -0.245. The number of nitrogens with one attached hydrogen (secondary N) is 1. The topological polar surface area (TPSA) is 66.5 Å². The lowest BCUT2D eigenvalue weighted by atomic mass is 9.99. The van der Waals surface area contributed by atoms with Gasteiger partial charge in [0.1, 0.15) is 0 Å². The fourth-order valence-electron chi connectivity index (χ4n) is 3.40. The molecule has 0 unspecified atom stereocenters. The van der Waals surface area contributed by atoms with Gasteiger partial charge in [-0.05, 0) is 48.6 Å². The average Bonchev–Trinajstić information content (AvgIpc) is 3.45. The molecular weight excluding hydrogens is 336 g/mol. The molecule has 1 saturated heterocycles. The minimum atomic E-state index is -3.58. The third-order valence-electron chi connectivity index (χ3n) is 5.04. The molecule has 1 saturated carbocycles. The molecule has 1 atom stereocenters. The maximum absolute atomic E-state index is 13.0. The number of piperidine rings is 1. The van der Waals surface area contributed by atoms with Crippen LogP contribution in [0, 0.1) is 5.92 Å². The van der Waals surface area contributed by atoms with E-state index >= 15 is 0 Å². The van der Waals surface area contributed by atoms with Gasteiger partial charge in [0, 0.05) is 19.1 Å². The van der Waals surface area contributed by atoms with Crippen molar-refractivity contribution >= 4 is 26.7 Å². The number of amides is 1. The molecule has 1 aliphatic heterocycles. The van der Waals surface area contributed by atoms with E-state index in [1.54, 1.807) is 12.1 Å². The summed E-state index contributed by atoms with van der Waals surface area (Å²) in [5, 5.41) is 4.92. The van der Waals surface area contributed by atoms with Crippen molar-refractivity contribution in [2.45, 2.75) is 36.6 Å². The summed E-state index contributed by atoms with van der Waals surface area (Å²) < 4.78 is 27.5. The molecule has 2 fully saturated rings. The predicted octanol–water partition coefficient (Wildman–Crippen LogP) is 2.52. The van der Waals surface area contributed by atoms with Crippen LogP contribution in [-0.4, -0.2) is 37.8 Å². The summed E-state index contributed by atoms with van der Waals surface area (Å²) in [7, 11) is -3.58. The van der Waals surface area contributed by atoms with E-state index in [1.165, 1.54) is 4.31 Å². The summed E-state index contributed by atoms with van der Waals surface area (Å²) in [6.45, 7) is 0.746. The smallest absolute Gasteiger partial charge is 0.243 e. The fourth-order valence-corrected chi connectivity index (χ4v) is 4.96. The van der Waals surface area contributed by atoms with Gasteiger partial charge in [-0.2, -0.15) is 4.31 Å². The van der Waals surface area contributed by atoms with Crippen LogP contribution >= 0.6 is 0 Å². The summed E-state index contributed by atoms with van der Waals surface area (Å²) in [4.78, 5) is 12.6. The van der Waals surface area contributed by atoms with Crippen molar-refractivity contribution in [1.82, 2.24) is 9.62 Å². The molecule has 1 amide bonds. The van der Waals surface area contributed by atoms with E-state index in [0.29, 0.717) is 17.5 Å². The maximum Gasteiger partial charge on any atom is 0.243 e. The van der Waals surface area contributed by atoms with Gasteiger partial charge >= 0.3 is 0 Å². The summed E-state index contributed by atoms with van der Waals surface area (Å²) >= 11 is 0. The Bertz CT molecular complexity index is 906. The summed E-state index contributed by atoms with van der Waals surface area (Å²) in [5.41, 5.74) is 0. The van der Waals surface area contributed by atoms with Gasteiger partial charge in [-0.1, -0.05) is 30.3 Å². The largest absolute Gasteiger partial charge is 0.353 e. The van der Waals surface area contributed by atoms with Crippen molar-refractivity contribution in [1.29, 1.82) is 0 Å². The van der Waals surface area contributed by atoms with Crippen LogP contribution in [0.15, 0.2) is 47.4 Å². The first-order valence-corrected chi connectivity index (χ1v) is 10.3. The number of rotatable bonds is 4. The SMILES string of the molecule is O=C(NC1CC1)[C@@H]1CCCN(S(=O)(=O)c2ccc3ccccc3c2)C1. The van der Waals surface area contributed by atoms with Gasteiger partial charge in [0.2, 0.25) is 15.9 Å². The van der Waals surface area contributed by atoms with E-state index in [4.69, 9.17) is 0 Å². The van der Waals surface area contributed by atoms with E-state index in [-0.39, 0.29) is 18.4 Å². The molecule has 0 aromatic heterocycles. The molecule has 25 heavy (non-hydrogen) atoms. The molecule has 1 heterocycles. The van der Waals surface area contributed by atoms with Gasteiger partial charge in [-0.15, -0.1) is 0 Å². The predicted molar refractivity (Wildman–Crippen MR) is 96.6 cm³/mol. The minimum absolute atomic E-state index is 0.000844. The van der Waals surface area contributed by atoms with Crippen LogP contribution in [-0.2, 0) is 14.8 Å². The highest BCUT2D eigenvalue weighted by Crippen LogP contribution is 2.27. The van der Waals surface area contributed by atoms with Crippen LogP contribution in [0.2, 0.25) is 0 Å². The molecule has 4 rings (SSSR count). The Morgan fingerprint density at radius 3 is 2.56 bits per heavy atom. The normalized spacial score (nSPS) is 22.0. The zero-order valence-corrected chi connectivity index (χ0v) is 14.8. The quantitative estimate of drug-likeness (QED) is 0.913. The van der Waals surface area contributed by atoms with Crippen molar-refractivity contribution in [2.24, 2.45) is 5.92 Å². The van der Waals surface area contributed by atoms with Gasteiger partial charge in [-0.3, -0.25) is 4.79 Å². The van der Waals surface area contributed by atoms with Gasteiger partial charge in [0.25, 0.3) is 0 Å². The Labute approximate surface area is 148 Å². The van der Waals surface area contributed by atoms with Gasteiger partial charge < -0.3 is 5.32 Å².